The molecule has 4 aromatic rings. The van der Waals surface area contributed by atoms with E-state index in [1.807, 2.05) is 18.2 Å². The summed E-state index contributed by atoms with van der Waals surface area (Å²) in [5.41, 5.74) is 9.55. The van der Waals surface area contributed by atoms with Crippen molar-refractivity contribution < 1.29 is 14.3 Å². The zero-order valence-electron chi connectivity index (χ0n) is 17.0. The summed E-state index contributed by atoms with van der Waals surface area (Å²) in [6, 6.07) is 17.1. The highest BCUT2D eigenvalue weighted by Crippen LogP contribution is 2.32. The number of aromatic nitrogens is 1. The Morgan fingerprint density at radius 2 is 1.81 bits per heavy atom. The van der Waals surface area contributed by atoms with Crippen LogP contribution in [-0.4, -0.2) is 23.2 Å². The summed E-state index contributed by atoms with van der Waals surface area (Å²) in [5, 5.41) is 3.49. The van der Waals surface area contributed by atoms with Crippen molar-refractivity contribution in [1.29, 1.82) is 0 Å². The number of ether oxygens (including phenoxy) is 1. The lowest BCUT2D eigenvalue weighted by Gasteiger charge is -2.09. The van der Waals surface area contributed by atoms with Crippen LogP contribution in [0.2, 0.25) is 5.02 Å². The van der Waals surface area contributed by atoms with Crippen LogP contribution in [0.1, 0.15) is 32.0 Å². The first-order chi connectivity index (χ1) is 14.9. The Bertz CT molecular complexity index is 1310. The number of hydrogen-bond donors (Lipinski definition) is 2. The number of ketones is 1. The Hall–Kier alpha value is -3.77. The highest BCUT2D eigenvalue weighted by Gasteiger charge is 2.24. The summed E-state index contributed by atoms with van der Waals surface area (Å²) < 4.78 is 7.01. The summed E-state index contributed by atoms with van der Waals surface area (Å²) >= 11 is 5.92. The average molecular weight is 434 g/mol. The van der Waals surface area contributed by atoms with Gasteiger partial charge in [0.15, 0.2) is 0 Å². The molecule has 6 nitrogen and oxygen atoms in total. The van der Waals surface area contributed by atoms with Gasteiger partial charge in [0.2, 0.25) is 5.78 Å². The lowest BCUT2D eigenvalue weighted by Crippen LogP contribution is -2.12. The molecule has 0 unspecified atom stereocenters. The monoisotopic (exact) mass is 433 g/mol. The van der Waals surface area contributed by atoms with Gasteiger partial charge in [-0.1, -0.05) is 17.7 Å². The number of halogens is 1. The molecule has 3 N–H and O–H groups in total. The Morgan fingerprint density at radius 1 is 1.06 bits per heavy atom. The lowest BCUT2D eigenvalue weighted by molar-refractivity contribution is 0.102. The summed E-state index contributed by atoms with van der Waals surface area (Å²) in [4.78, 5) is 26.3. The van der Waals surface area contributed by atoms with E-state index in [-0.39, 0.29) is 11.7 Å². The van der Waals surface area contributed by atoms with Gasteiger partial charge in [-0.25, -0.2) is 0 Å². The molecule has 7 heteroatoms. The van der Waals surface area contributed by atoms with Crippen LogP contribution in [0.3, 0.4) is 0 Å². The summed E-state index contributed by atoms with van der Waals surface area (Å²) in [6.45, 7) is 1.80. The molecular weight excluding hydrogens is 414 g/mol. The van der Waals surface area contributed by atoms with E-state index in [0.29, 0.717) is 50.0 Å². The SMILES string of the molecule is COc1ccc(N)c(C(=O)c2c(C)c(NC(=O)c3ccc(Cl)cc3)c3ccccn23)c1. The first-order valence-electron chi connectivity index (χ1n) is 9.55. The summed E-state index contributed by atoms with van der Waals surface area (Å²) in [7, 11) is 1.53. The van der Waals surface area contributed by atoms with Gasteiger partial charge in [0.25, 0.3) is 5.91 Å². The molecule has 0 aliphatic heterocycles. The van der Waals surface area contributed by atoms with Crippen LogP contribution < -0.4 is 15.8 Å². The number of anilines is 2. The number of nitrogens with one attached hydrogen (secondary N) is 1. The second kappa shape index (κ2) is 8.16. The molecule has 156 valence electrons. The van der Waals surface area contributed by atoms with Gasteiger partial charge < -0.3 is 20.2 Å². The number of carbonyl (C=O) groups is 2. The molecule has 0 bridgehead atoms. The van der Waals surface area contributed by atoms with Crippen LogP contribution in [0.15, 0.2) is 66.9 Å². The van der Waals surface area contributed by atoms with E-state index < -0.39 is 0 Å². The molecule has 0 radical (unpaired) electrons. The minimum absolute atomic E-state index is 0.262. The number of nitrogens with zero attached hydrogens (tertiary/aromatic N) is 1. The van der Waals surface area contributed by atoms with E-state index in [4.69, 9.17) is 22.1 Å². The highest BCUT2D eigenvalue weighted by molar-refractivity contribution is 6.30. The predicted octanol–water partition coefficient (Wildman–Crippen LogP) is 4.98. The number of methoxy groups -OCH3 is 1. The van der Waals surface area contributed by atoms with E-state index in [9.17, 15) is 9.59 Å². The van der Waals surface area contributed by atoms with Crippen LogP contribution >= 0.6 is 11.6 Å². The third kappa shape index (κ3) is 3.73. The zero-order chi connectivity index (χ0) is 22.1. The molecule has 0 atom stereocenters. The number of carbonyl (C=O) groups excluding carboxylic acids is 2. The Kier molecular flexibility index (Phi) is 5.40. The van der Waals surface area contributed by atoms with Crippen molar-refractivity contribution >= 4 is 40.2 Å². The Balaban J connectivity index is 1.81. The zero-order valence-corrected chi connectivity index (χ0v) is 17.7. The average Bonchev–Trinajstić information content (AvgIpc) is 3.05. The van der Waals surface area contributed by atoms with Crippen LogP contribution in [0.5, 0.6) is 5.75 Å². The molecule has 0 fully saturated rings. The number of nitrogens with two attached hydrogens (primary N) is 1. The van der Waals surface area contributed by atoms with Crippen molar-refractivity contribution in [3.8, 4) is 5.75 Å². The van der Waals surface area contributed by atoms with Crippen molar-refractivity contribution in [1.82, 2.24) is 4.40 Å². The normalized spacial score (nSPS) is 10.8. The fourth-order valence-corrected chi connectivity index (χ4v) is 3.67. The molecule has 0 saturated heterocycles. The maximum atomic E-state index is 13.5. The third-order valence-corrected chi connectivity index (χ3v) is 5.40. The molecular formula is C24H20ClN3O3. The first kappa shape index (κ1) is 20.5. The molecule has 1 amide bonds. The van der Waals surface area contributed by atoms with E-state index in [0.717, 1.165) is 0 Å². The molecule has 4 rings (SSSR count). The highest BCUT2D eigenvalue weighted by atomic mass is 35.5. The minimum atomic E-state index is -0.295. The Morgan fingerprint density at radius 3 is 2.52 bits per heavy atom. The smallest absolute Gasteiger partial charge is 0.255 e. The van der Waals surface area contributed by atoms with Gasteiger partial charge in [0.05, 0.1) is 29.6 Å². The number of hydrogen-bond acceptors (Lipinski definition) is 4. The van der Waals surface area contributed by atoms with Crippen molar-refractivity contribution in [2.75, 3.05) is 18.2 Å². The van der Waals surface area contributed by atoms with Gasteiger partial charge >= 0.3 is 0 Å². The van der Waals surface area contributed by atoms with E-state index in [1.54, 1.807) is 60.0 Å². The summed E-state index contributed by atoms with van der Waals surface area (Å²) in [6.07, 6.45) is 1.78. The molecule has 2 heterocycles. The number of amides is 1. The number of benzene rings is 2. The van der Waals surface area contributed by atoms with Gasteiger partial charge in [-0.3, -0.25) is 9.59 Å². The summed E-state index contributed by atoms with van der Waals surface area (Å²) in [5.74, 6) is -0.0227. The Labute approximate surface area is 184 Å². The van der Waals surface area contributed by atoms with Gasteiger partial charge in [-0.05, 0) is 61.5 Å². The maximum absolute atomic E-state index is 13.5. The molecule has 0 aliphatic rings. The van der Waals surface area contributed by atoms with E-state index in [2.05, 4.69) is 5.32 Å². The maximum Gasteiger partial charge on any atom is 0.255 e. The second-order valence-electron chi connectivity index (χ2n) is 7.05. The predicted molar refractivity (Wildman–Crippen MR) is 122 cm³/mol. The lowest BCUT2D eigenvalue weighted by atomic mass is 10.0. The van der Waals surface area contributed by atoms with Crippen molar-refractivity contribution in [2.24, 2.45) is 0 Å². The van der Waals surface area contributed by atoms with E-state index >= 15 is 0 Å². The van der Waals surface area contributed by atoms with Crippen LogP contribution in [0.4, 0.5) is 11.4 Å². The van der Waals surface area contributed by atoms with Gasteiger partial charge in [0, 0.05) is 28.0 Å². The van der Waals surface area contributed by atoms with Crippen molar-refractivity contribution in [3.63, 3.8) is 0 Å². The van der Waals surface area contributed by atoms with Crippen LogP contribution in [0, 0.1) is 6.92 Å². The molecule has 31 heavy (non-hydrogen) atoms. The number of fused-ring (bicyclic) bond motifs is 1. The van der Waals surface area contributed by atoms with Gasteiger partial charge in [-0.2, -0.15) is 0 Å². The number of rotatable bonds is 5. The largest absolute Gasteiger partial charge is 0.497 e. The molecule has 0 saturated carbocycles. The van der Waals surface area contributed by atoms with Gasteiger partial charge in [-0.15, -0.1) is 0 Å². The first-order valence-corrected chi connectivity index (χ1v) is 9.93. The second-order valence-corrected chi connectivity index (χ2v) is 7.48. The minimum Gasteiger partial charge on any atom is -0.497 e. The quantitative estimate of drug-likeness (QED) is 0.343. The third-order valence-electron chi connectivity index (χ3n) is 5.15. The van der Waals surface area contributed by atoms with Crippen LogP contribution in [0.25, 0.3) is 5.52 Å². The van der Waals surface area contributed by atoms with Gasteiger partial charge in [0.1, 0.15) is 5.75 Å². The van der Waals surface area contributed by atoms with Crippen molar-refractivity contribution in [2.45, 2.75) is 6.92 Å². The fraction of sp³-hybridized carbons (Fsp3) is 0.0833. The van der Waals surface area contributed by atoms with E-state index in [1.165, 1.54) is 7.11 Å². The number of nitrogen functional groups attached to an aromatic ring is 1. The molecule has 2 aromatic carbocycles. The fourth-order valence-electron chi connectivity index (χ4n) is 3.54. The van der Waals surface area contributed by atoms with Crippen molar-refractivity contribution in [3.05, 3.63) is 94.3 Å². The molecule has 0 aliphatic carbocycles. The standard InChI is InChI=1S/C24H20ClN3O3/c1-14-21(27-24(30)15-6-8-16(25)9-7-15)20-5-3-4-12-28(20)22(14)23(29)18-13-17(31-2)10-11-19(18)26/h3-13H,26H2,1-2H3,(H,27,30). The molecule has 2 aromatic heterocycles. The number of pyridine rings is 1. The topological polar surface area (TPSA) is 85.8 Å². The molecule has 0 spiro atoms. The van der Waals surface area contributed by atoms with Crippen LogP contribution in [-0.2, 0) is 0 Å².